The van der Waals surface area contributed by atoms with E-state index in [1.165, 1.54) is 13.0 Å². The smallest absolute Gasteiger partial charge is 0.303 e. The molecule has 0 heterocycles. The number of hydrogen-bond acceptors (Lipinski definition) is 5. The third kappa shape index (κ3) is 2.63. The molecule has 4 rings (SSSR count). The number of carbonyl (C=O) groups excluding carboxylic acids is 3. The molecule has 3 saturated carbocycles. The number of carbonyl (C=O) groups is 3. The number of aliphatic hydroxyl groups is 1. The Morgan fingerprint density at radius 1 is 1.31 bits per heavy atom. The number of Topliss-reactive ketones (excluding diaryl/α,β-unsaturated/α-hetero) is 1. The van der Waals surface area contributed by atoms with Crippen LogP contribution in [0.25, 0.3) is 0 Å². The molecule has 0 unspecified atom stereocenters. The minimum Gasteiger partial charge on any atom is -0.450 e. The first kappa shape index (κ1) is 23.9. The molecule has 0 aliphatic heterocycles. The van der Waals surface area contributed by atoms with Gasteiger partial charge in [-0.25, -0.2) is 4.39 Å². The van der Waals surface area contributed by atoms with E-state index in [0.29, 0.717) is 24.8 Å². The number of aliphatic hydroxyl groups excluding tert-OH is 1. The average Bonchev–Trinajstić information content (AvgIpc) is 2.93. The lowest BCUT2D eigenvalue weighted by atomic mass is 9.45. The molecular weight excluding hydrogens is 458 g/mol. The first-order valence-corrected chi connectivity index (χ1v) is 12.0. The van der Waals surface area contributed by atoms with Gasteiger partial charge in [0, 0.05) is 23.7 Å². The summed E-state index contributed by atoms with van der Waals surface area (Å²) >= 11 is 13.3. The van der Waals surface area contributed by atoms with Gasteiger partial charge in [-0.2, -0.15) is 0 Å². The van der Waals surface area contributed by atoms with Gasteiger partial charge in [0.25, 0.3) is 0 Å². The van der Waals surface area contributed by atoms with E-state index in [1.807, 2.05) is 13.8 Å². The van der Waals surface area contributed by atoms with Crippen LogP contribution in [-0.4, -0.2) is 45.1 Å². The first-order valence-electron chi connectivity index (χ1n) is 11.1. The van der Waals surface area contributed by atoms with Gasteiger partial charge in [0.2, 0.25) is 5.78 Å². The highest BCUT2D eigenvalue weighted by Gasteiger charge is 2.76. The van der Waals surface area contributed by atoms with Gasteiger partial charge < -0.3 is 9.84 Å². The topological polar surface area (TPSA) is 80.7 Å². The molecule has 0 saturated heterocycles. The second-order valence-corrected chi connectivity index (χ2v) is 11.3. The summed E-state index contributed by atoms with van der Waals surface area (Å²) < 4.78 is 20.7. The van der Waals surface area contributed by atoms with E-state index < -0.39 is 45.0 Å². The molecule has 0 amide bonds. The second-order valence-electron chi connectivity index (χ2n) is 10.4. The highest BCUT2D eigenvalue weighted by Crippen LogP contribution is 2.72. The van der Waals surface area contributed by atoms with Crippen LogP contribution in [0.5, 0.6) is 0 Å². The fraction of sp³-hybridized carbons (Fsp3) is 0.708. The minimum atomic E-state index is -1.47. The fourth-order valence-corrected chi connectivity index (χ4v) is 8.52. The highest BCUT2D eigenvalue weighted by molar-refractivity contribution is 6.29. The number of rotatable bonds is 3. The third-order valence-corrected chi connectivity index (χ3v) is 10.3. The molecule has 0 aromatic carbocycles. The summed E-state index contributed by atoms with van der Waals surface area (Å²) in [5.74, 6) is -3.53. The molecule has 5 nitrogen and oxygen atoms in total. The van der Waals surface area contributed by atoms with Crippen LogP contribution < -0.4 is 0 Å². The Morgan fingerprint density at radius 2 is 1.97 bits per heavy atom. The van der Waals surface area contributed by atoms with Crippen LogP contribution in [0.3, 0.4) is 0 Å². The number of ether oxygens (including phenoxy) is 1. The van der Waals surface area contributed by atoms with E-state index in [0.717, 1.165) is 0 Å². The van der Waals surface area contributed by atoms with Crippen molar-refractivity contribution < 1.29 is 28.6 Å². The number of hydrogen-bond donors (Lipinski definition) is 1. The Labute approximate surface area is 197 Å². The van der Waals surface area contributed by atoms with Crippen molar-refractivity contribution in [3.05, 3.63) is 23.6 Å². The highest BCUT2D eigenvalue weighted by atomic mass is 35.5. The maximum atomic E-state index is 14.9. The average molecular weight is 487 g/mol. The van der Waals surface area contributed by atoms with Crippen LogP contribution >= 0.6 is 23.2 Å². The van der Waals surface area contributed by atoms with Crippen LogP contribution in [0.4, 0.5) is 4.39 Å². The number of ketones is 2. The van der Waals surface area contributed by atoms with Gasteiger partial charge in [-0.1, -0.05) is 26.8 Å². The fourth-order valence-electron chi connectivity index (χ4n) is 7.80. The van der Waals surface area contributed by atoms with E-state index in [1.54, 1.807) is 13.0 Å². The maximum Gasteiger partial charge on any atom is 0.303 e. The van der Waals surface area contributed by atoms with Gasteiger partial charge >= 0.3 is 5.97 Å². The zero-order chi connectivity index (χ0) is 23.9. The van der Waals surface area contributed by atoms with Crippen molar-refractivity contribution in [2.24, 2.45) is 28.6 Å². The number of fused-ring (bicyclic) bond motifs is 5. The molecule has 8 atom stereocenters. The standard InChI is InChI=1S/C24H29Cl2FO5/c1-12-9-16-14-5-6-15-20(27)17(29)7-8-21(15,3)23(14,26)18(30)10-22(16,4)24(12,19(31)11-25)32-13(2)28/h7-8,12,14,16,18,30H,5-6,9-11H2,1-4H3/t12-,14-,16-,18-,21-,22-,23-,24-/m0/s1. The second kappa shape index (κ2) is 7.38. The molecular formula is C24H29Cl2FO5. The Bertz CT molecular complexity index is 962. The van der Waals surface area contributed by atoms with E-state index >= 15 is 0 Å². The van der Waals surface area contributed by atoms with E-state index in [4.69, 9.17) is 27.9 Å². The molecule has 4 aliphatic rings. The number of halogens is 3. The maximum absolute atomic E-state index is 14.9. The number of allylic oxidation sites excluding steroid dienone is 4. The van der Waals surface area contributed by atoms with Gasteiger partial charge in [0.1, 0.15) is 0 Å². The molecule has 0 aromatic heterocycles. The summed E-state index contributed by atoms with van der Waals surface area (Å²) in [7, 11) is 0. The zero-order valence-corrected chi connectivity index (χ0v) is 20.2. The van der Waals surface area contributed by atoms with Crippen LogP contribution in [0.2, 0.25) is 0 Å². The Hall–Kier alpha value is -1.24. The van der Waals surface area contributed by atoms with Gasteiger partial charge in [0.15, 0.2) is 17.2 Å². The summed E-state index contributed by atoms with van der Waals surface area (Å²) in [6, 6.07) is 0. The predicted molar refractivity (Wildman–Crippen MR) is 118 cm³/mol. The van der Waals surface area contributed by atoms with Crippen LogP contribution in [-0.2, 0) is 19.1 Å². The Balaban J connectivity index is 1.88. The third-order valence-electron chi connectivity index (χ3n) is 9.11. The van der Waals surface area contributed by atoms with Crippen molar-refractivity contribution >= 4 is 40.7 Å². The lowest BCUT2D eigenvalue weighted by Gasteiger charge is -2.64. The first-order chi connectivity index (χ1) is 14.8. The Morgan fingerprint density at radius 3 is 2.56 bits per heavy atom. The molecule has 3 fully saturated rings. The lowest BCUT2D eigenvalue weighted by Crippen LogP contribution is -2.69. The van der Waals surface area contributed by atoms with E-state index in [9.17, 15) is 23.9 Å². The van der Waals surface area contributed by atoms with Crippen molar-refractivity contribution in [3.8, 4) is 0 Å². The lowest BCUT2D eigenvalue weighted by molar-refractivity contribution is -0.198. The molecule has 4 aliphatic carbocycles. The van der Waals surface area contributed by atoms with Gasteiger partial charge in [0.05, 0.1) is 16.9 Å². The van der Waals surface area contributed by atoms with Crippen molar-refractivity contribution in [1.82, 2.24) is 0 Å². The van der Waals surface area contributed by atoms with Gasteiger partial charge in [-0.05, 0) is 49.2 Å². The molecule has 0 spiro atoms. The molecule has 176 valence electrons. The summed E-state index contributed by atoms with van der Waals surface area (Å²) in [6.45, 7) is 6.79. The summed E-state index contributed by atoms with van der Waals surface area (Å²) in [5.41, 5.74) is -3.09. The van der Waals surface area contributed by atoms with Crippen LogP contribution in [0.15, 0.2) is 23.6 Å². The summed E-state index contributed by atoms with van der Waals surface area (Å²) in [5, 5.41) is 11.6. The summed E-state index contributed by atoms with van der Waals surface area (Å²) in [6.07, 6.45) is 3.12. The van der Waals surface area contributed by atoms with Crippen molar-refractivity contribution in [1.29, 1.82) is 0 Å². The molecule has 8 heteroatoms. The molecule has 1 N–H and O–H groups in total. The molecule has 0 radical (unpaired) electrons. The largest absolute Gasteiger partial charge is 0.450 e. The Kier molecular flexibility index (Phi) is 5.51. The van der Waals surface area contributed by atoms with Crippen LogP contribution in [0.1, 0.15) is 53.4 Å². The summed E-state index contributed by atoms with van der Waals surface area (Å²) in [4.78, 5) is 36.1. The zero-order valence-electron chi connectivity index (χ0n) is 18.7. The molecule has 32 heavy (non-hydrogen) atoms. The van der Waals surface area contributed by atoms with Gasteiger partial charge in [-0.15, -0.1) is 23.2 Å². The van der Waals surface area contributed by atoms with Crippen LogP contribution in [0, 0.1) is 28.6 Å². The van der Waals surface area contributed by atoms with Crippen molar-refractivity contribution in [3.63, 3.8) is 0 Å². The minimum absolute atomic E-state index is 0.0875. The number of esters is 1. The van der Waals surface area contributed by atoms with E-state index in [2.05, 4.69) is 0 Å². The normalized spacial score (nSPS) is 47.6. The van der Waals surface area contributed by atoms with Crippen molar-refractivity contribution in [2.75, 3.05) is 5.88 Å². The van der Waals surface area contributed by atoms with Gasteiger partial charge in [-0.3, -0.25) is 14.4 Å². The van der Waals surface area contributed by atoms with E-state index in [-0.39, 0.29) is 35.8 Å². The SMILES string of the molecule is CC(=O)O[C@]1(C(=O)CCl)[C@@H](C)C[C@H]2[C@@H]3CCC4=C(F)C(=O)C=C[C@]4(C)[C@@]3(Cl)[C@@H](O)C[C@@]21C. The molecule has 0 aromatic rings. The monoisotopic (exact) mass is 486 g/mol. The number of alkyl halides is 2. The van der Waals surface area contributed by atoms with Crippen molar-refractivity contribution in [2.45, 2.75) is 70.0 Å². The predicted octanol–water partition coefficient (Wildman–Crippen LogP) is 4.28. The quantitative estimate of drug-likeness (QED) is 0.475. The molecule has 0 bridgehead atoms.